The second-order valence-corrected chi connectivity index (χ2v) is 6.25. The molecule has 0 aliphatic carbocycles. The quantitative estimate of drug-likeness (QED) is 0.698. The summed E-state index contributed by atoms with van der Waals surface area (Å²) in [5, 5.41) is 3.39. The van der Waals surface area contributed by atoms with E-state index in [9.17, 15) is 9.00 Å². The summed E-state index contributed by atoms with van der Waals surface area (Å²) in [6.45, 7) is 2.91. The number of fused-ring (bicyclic) bond motifs is 1. The summed E-state index contributed by atoms with van der Waals surface area (Å²) in [6.07, 6.45) is 2.62. The first-order chi connectivity index (χ1) is 9.06. The van der Waals surface area contributed by atoms with Gasteiger partial charge in [0.2, 0.25) is 0 Å². The molecule has 3 N–H and O–H groups in total. The van der Waals surface area contributed by atoms with Gasteiger partial charge in [0.05, 0.1) is 11.0 Å². The number of H-pyrrole nitrogens is 2. The number of imidazole rings is 1. The first-order valence-electron chi connectivity index (χ1n) is 6.31. The topological polar surface area (TPSA) is 77.8 Å². The minimum Gasteiger partial charge on any atom is -0.310 e. The molecule has 0 saturated carbocycles. The van der Waals surface area contributed by atoms with E-state index >= 15 is 0 Å². The second-order valence-electron chi connectivity index (χ2n) is 4.69. The maximum atomic E-state index is 11.2. The normalized spacial score (nSPS) is 14.6. The van der Waals surface area contributed by atoms with Crippen LogP contribution in [-0.2, 0) is 10.8 Å². The zero-order chi connectivity index (χ0) is 13.8. The molecule has 1 aromatic carbocycles. The summed E-state index contributed by atoms with van der Waals surface area (Å²) in [5.41, 5.74) is 2.59. The van der Waals surface area contributed by atoms with Crippen molar-refractivity contribution in [3.63, 3.8) is 0 Å². The van der Waals surface area contributed by atoms with Crippen molar-refractivity contribution < 1.29 is 4.21 Å². The van der Waals surface area contributed by atoms with Crippen LogP contribution in [-0.4, -0.2) is 32.7 Å². The number of nitrogens with one attached hydrogen (secondary N) is 3. The fourth-order valence-corrected chi connectivity index (χ4v) is 2.58. The summed E-state index contributed by atoms with van der Waals surface area (Å²) in [4.78, 5) is 16.7. The molecule has 2 rings (SSSR count). The molecule has 0 radical (unpaired) electrons. The lowest BCUT2D eigenvalue weighted by molar-refractivity contribution is 0.571. The number of hydrogen-bond donors (Lipinski definition) is 3. The molecule has 2 atom stereocenters. The van der Waals surface area contributed by atoms with Crippen molar-refractivity contribution in [3.8, 4) is 0 Å². The Hall–Kier alpha value is -1.40. The Kier molecular flexibility index (Phi) is 4.55. The molecule has 104 valence electrons. The summed E-state index contributed by atoms with van der Waals surface area (Å²) in [7, 11) is -0.724. The van der Waals surface area contributed by atoms with E-state index < -0.39 is 10.8 Å². The van der Waals surface area contributed by atoms with Crippen molar-refractivity contribution in [2.24, 2.45) is 0 Å². The molecule has 0 aliphatic rings. The molecule has 1 heterocycles. The van der Waals surface area contributed by atoms with Crippen LogP contribution in [0.3, 0.4) is 0 Å². The van der Waals surface area contributed by atoms with Crippen molar-refractivity contribution in [2.75, 3.05) is 18.6 Å². The van der Waals surface area contributed by atoms with Crippen LogP contribution in [0.2, 0.25) is 0 Å². The molecule has 1 aromatic heterocycles. The Balaban J connectivity index is 1.98. The van der Waals surface area contributed by atoms with Crippen LogP contribution in [0, 0.1) is 0 Å². The lowest BCUT2D eigenvalue weighted by Crippen LogP contribution is -2.21. The Morgan fingerprint density at radius 1 is 1.32 bits per heavy atom. The molecular weight excluding hydrogens is 262 g/mol. The van der Waals surface area contributed by atoms with Crippen LogP contribution >= 0.6 is 0 Å². The molecular formula is C13H19N3O2S. The van der Waals surface area contributed by atoms with Gasteiger partial charge in [0, 0.05) is 28.9 Å². The number of rotatable bonds is 6. The van der Waals surface area contributed by atoms with Crippen LogP contribution in [0.4, 0.5) is 0 Å². The Bertz CT molecular complexity index is 632. The van der Waals surface area contributed by atoms with Crippen LogP contribution in [0.25, 0.3) is 11.0 Å². The average Bonchev–Trinajstić information content (AvgIpc) is 2.73. The van der Waals surface area contributed by atoms with E-state index in [4.69, 9.17) is 0 Å². The minimum absolute atomic E-state index is 0.182. The highest BCUT2D eigenvalue weighted by Gasteiger charge is 2.06. The van der Waals surface area contributed by atoms with Gasteiger partial charge < -0.3 is 15.3 Å². The van der Waals surface area contributed by atoms with E-state index in [1.807, 2.05) is 18.2 Å². The van der Waals surface area contributed by atoms with Gasteiger partial charge in [-0.25, -0.2) is 4.79 Å². The van der Waals surface area contributed by atoms with Crippen LogP contribution in [0.1, 0.15) is 24.9 Å². The highest BCUT2D eigenvalue weighted by Crippen LogP contribution is 2.16. The predicted molar refractivity (Wildman–Crippen MR) is 78.9 cm³/mol. The van der Waals surface area contributed by atoms with Crippen molar-refractivity contribution in [1.82, 2.24) is 15.3 Å². The molecule has 0 spiro atoms. The van der Waals surface area contributed by atoms with Crippen LogP contribution < -0.4 is 11.0 Å². The molecule has 19 heavy (non-hydrogen) atoms. The van der Waals surface area contributed by atoms with Gasteiger partial charge in [0.1, 0.15) is 0 Å². The molecule has 0 fully saturated rings. The van der Waals surface area contributed by atoms with E-state index in [0.717, 1.165) is 35.3 Å². The lowest BCUT2D eigenvalue weighted by atomic mass is 10.1. The molecule has 2 aromatic rings. The van der Waals surface area contributed by atoms with E-state index in [0.29, 0.717) is 0 Å². The van der Waals surface area contributed by atoms with Gasteiger partial charge in [-0.1, -0.05) is 6.07 Å². The lowest BCUT2D eigenvalue weighted by Gasteiger charge is -2.14. The summed E-state index contributed by atoms with van der Waals surface area (Å²) in [6, 6.07) is 6.08. The second kappa shape index (κ2) is 6.16. The van der Waals surface area contributed by atoms with Crippen LogP contribution in [0.15, 0.2) is 23.0 Å². The highest BCUT2D eigenvalue weighted by molar-refractivity contribution is 7.84. The van der Waals surface area contributed by atoms with E-state index in [-0.39, 0.29) is 11.7 Å². The van der Waals surface area contributed by atoms with E-state index in [2.05, 4.69) is 22.2 Å². The van der Waals surface area contributed by atoms with Gasteiger partial charge in [-0.05, 0) is 37.6 Å². The number of benzene rings is 1. The zero-order valence-corrected chi connectivity index (χ0v) is 12.0. The van der Waals surface area contributed by atoms with Gasteiger partial charge in [-0.15, -0.1) is 0 Å². The van der Waals surface area contributed by atoms with Crippen molar-refractivity contribution in [2.45, 2.75) is 19.4 Å². The monoisotopic (exact) mass is 281 g/mol. The Morgan fingerprint density at radius 3 is 2.79 bits per heavy atom. The minimum atomic E-state index is -0.724. The largest absolute Gasteiger partial charge is 0.323 e. The summed E-state index contributed by atoms with van der Waals surface area (Å²) >= 11 is 0. The SMILES string of the molecule is CC(NCCCS(C)=O)c1ccc2[nH]c(=O)[nH]c2c1. The maximum Gasteiger partial charge on any atom is 0.323 e. The first-order valence-corrected chi connectivity index (χ1v) is 8.04. The third-order valence-electron chi connectivity index (χ3n) is 3.10. The van der Waals surface area contributed by atoms with Crippen molar-refractivity contribution in [3.05, 3.63) is 34.2 Å². The van der Waals surface area contributed by atoms with Gasteiger partial charge in [-0.3, -0.25) is 4.21 Å². The fraction of sp³-hybridized carbons (Fsp3) is 0.462. The average molecular weight is 281 g/mol. The molecule has 0 amide bonds. The molecule has 2 unspecified atom stereocenters. The zero-order valence-electron chi connectivity index (χ0n) is 11.2. The van der Waals surface area contributed by atoms with E-state index in [1.165, 1.54) is 0 Å². The van der Waals surface area contributed by atoms with Crippen LogP contribution in [0.5, 0.6) is 0 Å². The first kappa shape index (κ1) is 14.0. The molecule has 0 saturated heterocycles. The van der Waals surface area contributed by atoms with E-state index in [1.54, 1.807) is 6.26 Å². The third-order valence-corrected chi connectivity index (χ3v) is 3.96. The number of aromatic amines is 2. The van der Waals surface area contributed by atoms with Gasteiger partial charge in [0.25, 0.3) is 0 Å². The highest BCUT2D eigenvalue weighted by atomic mass is 32.2. The molecule has 0 aliphatic heterocycles. The van der Waals surface area contributed by atoms with Crippen molar-refractivity contribution >= 4 is 21.8 Å². The summed E-state index contributed by atoms with van der Waals surface area (Å²) in [5.74, 6) is 0.726. The Labute approximate surface area is 114 Å². The standard InChI is InChI=1S/C13H19N3O2S/c1-9(14-6-3-7-19(2)18)10-4-5-11-12(8-10)16-13(17)15-11/h4-5,8-9,14H,3,6-7H2,1-2H3,(H2,15,16,17). The molecule has 5 nitrogen and oxygen atoms in total. The van der Waals surface area contributed by atoms with Gasteiger partial charge in [0.15, 0.2) is 0 Å². The molecule has 6 heteroatoms. The maximum absolute atomic E-state index is 11.2. The van der Waals surface area contributed by atoms with Crippen molar-refractivity contribution in [1.29, 1.82) is 0 Å². The predicted octanol–water partition coefficient (Wildman–Crippen LogP) is 1.28. The van der Waals surface area contributed by atoms with Gasteiger partial charge >= 0.3 is 5.69 Å². The molecule has 0 bridgehead atoms. The fourth-order valence-electron chi connectivity index (χ4n) is 2.03. The summed E-state index contributed by atoms with van der Waals surface area (Å²) < 4.78 is 11.0. The van der Waals surface area contributed by atoms with Gasteiger partial charge in [-0.2, -0.15) is 0 Å². The number of hydrogen-bond acceptors (Lipinski definition) is 3. The Morgan fingerprint density at radius 2 is 2.05 bits per heavy atom. The third kappa shape index (κ3) is 3.78. The number of aromatic nitrogens is 2. The smallest absolute Gasteiger partial charge is 0.310 e.